The minimum atomic E-state index is -0.316. The number of hydrogen-bond acceptors (Lipinski definition) is 3. The van der Waals surface area contributed by atoms with E-state index in [2.05, 4.69) is 52.0 Å². The van der Waals surface area contributed by atoms with E-state index in [1.54, 1.807) is 24.0 Å². The van der Waals surface area contributed by atoms with Crippen LogP contribution in [0, 0.1) is 12.7 Å². The quantitative estimate of drug-likeness (QED) is 0.477. The molecule has 1 heterocycles. The van der Waals surface area contributed by atoms with Crippen molar-refractivity contribution >= 4 is 17.7 Å². The first-order chi connectivity index (χ1) is 11.6. The SMILES string of the molecule is CCNC(=NCc1ccc(C)cc1SC)NCc1ncccc1F. The lowest BCUT2D eigenvalue weighted by Crippen LogP contribution is -2.37. The third-order valence-corrected chi connectivity index (χ3v) is 4.27. The fourth-order valence-electron chi connectivity index (χ4n) is 2.20. The smallest absolute Gasteiger partial charge is 0.191 e. The molecular formula is C18H23FN4S. The molecule has 2 aromatic rings. The van der Waals surface area contributed by atoms with Gasteiger partial charge in [-0.3, -0.25) is 4.98 Å². The zero-order chi connectivity index (χ0) is 17.4. The molecule has 0 aliphatic carbocycles. The van der Waals surface area contributed by atoms with Crippen LogP contribution >= 0.6 is 11.8 Å². The van der Waals surface area contributed by atoms with Crippen LogP contribution in [0.2, 0.25) is 0 Å². The zero-order valence-electron chi connectivity index (χ0n) is 14.3. The number of aliphatic imine (C=N–C) groups is 1. The van der Waals surface area contributed by atoms with E-state index in [4.69, 9.17) is 0 Å². The van der Waals surface area contributed by atoms with E-state index in [-0.39, 0.29) is 5.82 Å². The number of pyridine rings is 1. The van der Waals surface area contributed by atoms with Crippen molar-refractivity contribution in [2.45, 2.75) is 31.8 Å². The van der Waals surface area contributed by atoms with Crippen molar-refractivity contribution in [1.82, 2.24) is 15.6 Å². The Balaban J connectivity index is 2.07. The van der Waals surface area contributed by atoms with Crippen LogP contribution < -0.4 is 10.6 Å². The van der Waals surface area contributed by atoms with Gasteiger partial charge in [0.1, 0.15) is 5.82 Å². The number of nitrogens with one attached hydrogen (secondary N) is 2. The second kappa shape index (κ2) is 9.27. The third-order valence-electron chi connectivity index (χ3n) is 3.45. The van der Waals surface area contributed by atoms with Crippen molar-refractivity contribution in [3.05, 3.63) is 59.2 Å². The van der Waals surface area contributed by atoms with Gasteiger partial charge in [0.15, 0.2) is 5.96 Å². The number of thioether (sulfide) groups is 1. The van der Waals surface area contributed by atoms with Gasteiger partial charge in [-0.15, -0.1) is 11.8 Å². The van der Waals surface area contributed by atoms with Crippen LogP contribution in [-0.4, -0.2) is 23.7 Å². The molecule has 0 saturated heterocycles. The number of nitrogens with zero attached hydrogens (tertiary/aromatic N) is 2. The molecule has 0 aliphatic rings. The fourth-order valence-corrected chi connectivity index (χ4v) is 2.90. The summed E-state index contributed by atoms with van der Waals surface area (Å²) >= 11 is 1.72. The molecule has 0 bridgehead atoms. The van der Waals surface area contributed by atoms with Crippen molar-refractivity contribution in [2.24, 2.45) is 4.99 Å². The number of benzene rings is 1. The number of aromatic nitrogens is 1. The first-order valence-electron chi connectivity index (χ1n) is 7.89. The summed E-state index contributed by atoms with van der Waals surface area (Å²) in [5.74, 6) is 0.333. The highest BCUT2D eigenvalue weighted by atomic mass is 32.2. The zero-order valence-corrected chi connectivity index (χ0v) is 15.1. The van der Waals surface area contributed by atoms with Crippen LogP contribution in [0.25, 0.3) is 0 Å². The predicted molar refractivity (Wildman–Crippen MR) is 98.8 cm³/mol. The highest BCUT2D eigenvalue weighted by Gasteiger charge is 2.05. The Labute approximate surface area is 147 Å². The number of aryl methyl sites for hydroxylation is 1. The van der Waals surface area contributed by atoms with Crippen LogP contribution in [0.3, 0.4) is 0 Å². The predicted octanol–water partition coefficient (Wildman–Crippen LogP) is 3.51. The van der Waals surface area contributed by atoms with Crippen molar-refractivity contribution in [2.75, 3.05) is 12.8 Å². The van der Waals surface area contributed by atoms with Gasteiger partial charge in [0.2, 0.25) is 0 Å². The van der Waals surface area contributed by atoms with Crippen molar-refractivity contribution in [3.63, 3.8) is 0 Å². The number of guanidine groups is 1. The molecule has 128 valence electrons. The van der Waals surface area contributed by atoms with Crippen molar-refractivity contribution < 1.29 is 4.39 Å². The normalized spacial score (nSPS) is 11.4. The second-order valence-electron chi connectivity index (χ2n) is 5.30. The average Bonchev–Trinajstić information content (AvgIpc) is 2.59. The minimum absolute atomic E-state index is 0.293. The summed E-state index contributed by atoms with van der Waals surface area (Å²) in [5.41, 5.74) is 2.79. The Hall–Kier alpha value is -2.08. The molecule has 1 aromatic carbocycles. The Morgan fingerprint density at radius 2 is 2.12 bits per heavy atom. The molecule has 0 atom stereocenters. The van der Waals surface area contributed by atoms with Crippen molar-refractivity contribution in [1.29, 1.82) is 0 Å². The van der Waals surface area contributed by atoms with Gasteiger partial charge in [-0.1, -0.05) is 12.1 Å². The summed E-state index contributed by atoms with van der Waals surface area (Å²) in [7, 11) is 0. The molecule has 0 aliphatic heterocycles. The molecule has 0 saturated carbocycles. The summed E-state index contributed by atoms with van der Waals surface area (Å²) in [6, 6.07) is 9.35. The van der Waals surface area contributed by atoms with Gasteiger partial charge < -0.3 is 10.6 Å². The molecule has 6 heteroatoms. The first-order valence-corrected chi connectivity index (χ1v) is 9.11. The van der Waals surface area contributed by atoms with E-state index < -0.39 is 0 Å². The summed E-state index contributed by atoms with van der Waals surface area (Å²) in [6.45, 7) is 5.68. The molecule has 0 radical (unpaired) electrons. The maximum absolute atomic E-state index is 13.6. The monoisotopic (exact) mass is 346 g/mol. The molecule has 2 N–H and O–H groups in total. The number of halogens is 1. The Morgan fingerprint density at radius 3 is 2.83 bits per heavy atom. The first kappa shape index (κ1) is 18.3. The summed E-state index contributed by atoms with van der Waals surface area (Å²) in [4.78, 5) is 9.87. The molecule has 0 spiro atoms. The van der Waals surface area contributed by atoms with E-state index in [0.29, 0.717) is 24.7 Å². The van der Waals surface area contributed by atoms with Crippen LogP contribution in [0.15, 0.2) is 46.4 Å². The Morgan fingerprint density at radius 1 is 1.29 bits per heavy atom. The van der Waals surface area contributed by atoms with Crippen LogP contribution in [0.5, 0.6) is 0 Å². The highest BCUT2D eigenvalue weighted by Crippen LogP contribution is 2.22. The molecule has 1 aromatic heterocycles. The van der Waals surface area contributed by atoms with Gasteiger partial charge in [0.05, 0.1) is 18.8 Å². The molecule has 24 heavy (non-hydrogen) atoms. The van der Waals surface area contributed by atoms with E-state index >= 15 is 0 Å². The van der Waals surface area contributed by atoms with Gasteiger partial charge in [-0.2, -0.15) is 0 Å². The molecule has 2 rings (SSSR count). The summed E-state index contributed by atoms with van der Waals surface area (Å²) < 4.78 is 13.6. The van der Waals surface area contributed by atoms with Crippen LogP contribution in [0.4, 0.5) is 4.39 Å². The number of hydrogen-bond donors (Lipinski definition) is 2. The van der Waals surface area contributed by atoms with Gasteiger partial charge in [0, 0.05) is 17.6 Å². The van der Waals surface area contributed by atoms with Crippen LogP contribution in [0.1, 0.15) is 23.7 Å². The van der Waals surface area contributed by atoms with Crippen LogP contribution in [-0.2, 0) is 13.1 Å². The fraction of sp³-hybridized carbons (Fsp3) is 0.333. The lowest BCUT2D eigenvalue weighted by atomic mass is 10.1. The number of rotatable bonds is 6. The second-order valence-corrected chi connectivity index (χ2v) is 6.14. The van der Waals surface area contributed by atoms with E-state index in [1.165, 1.54) is 22.1 Å². The maximum Gasteiger partial charge on any atom is 0.191 e. The highest BCUT2D eigenvalue weighted by molar-refractivity contribution is 7.98. The Kier molecular flexibility index (Phi) is 7.06. The van der Waals surface area contributed by atoms with Gasteiger partial charge >= 0.3 is 0 Å². The Bertz CT molecular complexity index is 703. The minimum Gasteiger partial charge on any atom is -0.357 e. The summed E-state index contributed by atoms with van der Waals surface area (Å²) in [5, 5.41) is 6.30. The van der Waals surface area contributed by atoms with Crippen molar-refractivity contribution in [3.8, 4) is 0 Å². The molecule has 4 nitrogen and oxygen atoms in total. The van der Waals surface area contributed by atoms with Gasteiger partial charge in [-0.25, -0.2) is 9.38 Å². The molecular weight excluding hydrogens is 323 g/mol. The van der Waals surface area contributed by atoms with E-state index in [0.717, 1.165) is 6.54 Å². The largest absolute Gasteiger partial charge is 0.357 e. The molecule has 0 amide bonds. The van der Waals surface area contributed by atoms with E-state index in [9.17, 15) is 4.39 Å². The lowest BCUT2D eigenvalue weighted by molar-refractivity contribution is 0.592. The average molecular weight is 346 g/mol. The molecule has 0 unspecified atom stereocenters. The lowest BCUT2D eigenvalue weighted by Gasteiger charge is -2.12. The van der Waals surface area contributed by atoms with Gasteiger partial charge in [-0.05, 0) is 49.4 Å². The van der Waals surface area contributed by atoms with Gasteiger partial charge in [0.25, 0.3) is 0 Å². The topological polar surface area (TPSA) is 49.3 Å². The molecule has 0 fully saturated rings. The summed E-state index contributed by atoms with van der Waals surface area (Å²) in [6.07, 6.45) is 3.65. The third kappa shape index (κ3) is 5.23. The van der Waals surface area contributed by atoms with E-state index in [1.807, 2.05) is 6.92 Å². The standard InChI is InChI=1S/C18H23FN4S/c1-4-20-18(23-12-16-15(19)6-5-9-21-16)22-11-14-8-7-13(2)10-17(14)24-3/h5-10H,4,11-12H2,1-3H3,(H2,20,22,23). The maximum atomic E-state index is 13.6.